The topological polar surface area (TPSA) is 45.0 Å². The number of ether oxygens (including phenoxy) is 1. The van der Waals surface area contributed by atoms with E-state index in [4.69, 9.17) is 4.74 Å². The lowest BCUT2D eigenvalue weighted by molar-refractivity contribution is 0.281. The number of hydrogen-bond acceptors (Lipinski definition) is 3. The highest BCUT2D eigenvalue weighted by molar-refractivity contribution is 5.30. The summed E-state index contributed by atoms with van der Waals surface area (Å²) in [6.07, 6.45) is 2.48. The fraction of sp³-hybridized carbons (Fsp3) is 0.588. The van der Waals surface area contributed by atoms with Crippen molar-refractivity contribution in [2.75, 3.05) is 13.7 Å². The monoisotopic (exact) mass is 274 g/mol. The number of hydrogen-bond donors (Lipinski definition) is 1. The molecule has 0 bridgehead atoms. The second-order valence-electron chi connectivity index (χ2n) is 5.48. The van der Waals surface area contributed by atoms with Crippen molar-refractivity contribution in [2.45, 2.75) is 51.5 Å². The zero-order valence-corrected chi connectivity index (χ0v) is 13.1. The Labute approximate surface area is 123 Å². The first-order valence-electron chi connectivity index (χ1n) is 7.40. The van der Waals surface area contributed by atoms with Crippen LogP contribution in [0.5, 0.6) is 5.75 Å². The first kappa shape index (κ1) is 16.5. The Morgan fingerprint density at radius 1 is 1.40 bits per heavy atom. The van der Waals surface area contributed by atoms with Gasteiger partial charge in [-0.2, -0.15) is 5.26 Å². The van der Waals surface area contributed by atoms with Crippen molar-refractivity contribution in [3.8, 4) is 11.8 Å². The van der Waals surface area contributed by atoms with Crippen LogP contribution in [0.2, 0.25) is 0 Å². The van der Waals surface area contributed by atoms with E-state index in [0.29, 0.717) is 12.5 Å². The molecule has 110 valence electrons. The van der Waals surface area contributed by atoms with Crippen LogP contribution in [0, 0.1) is 11.3 Å². The highest BCUT2D eigenvalue weighted by Gasteiger charge is 2.24. The summed E-state index contributed by atoms with van der Waals surface area (Å²) in [5.41, 5.74) is 0.876. The number of rotatable bonds is 8. The smallest absolute Gasteiger partial charge is 0.119 e. The van der Waals surface area contributed by atoms with E-state index in [-0.39, 0.29) is 0 Å². The Morgan fingerprint density at radius 3 is 2.70 bits per heavy atom. The third-order valence-corrected chi connectivity index (χ3v) is 3.84. The van der Waals surface area contributed by atoms with E-state index in [1.54, 1.807) is 0 Å². The third kappa shape index (κ3) is 4.54. The summed E-state index contributed by atoms with van der Waals surface area (Å²) in [5.74, 6) is 1.42. The minimum absolute atomic E-state index is 0.414. The third-order valence-electron chi connectivity index (χ3n) is 3.84. The van der Waals surface area contributed by atoms with Gasteiger partial charge in [-0.15, -0.1) is 0 Å². The van der Waals surface area contributed by atoms with E-state index in [2.05, 4.69) is 37.4 Å². The van der Waals surface area contributed by atoms with E-state index >= 15 is 0 Å². The molecule has 0 fully saturated rings. The number of nitrogens with zero attached hydrogens (tertiary/aromatic N) is 1. The summed E-state index contributed by atoms with van der Waals surface area (Å²) in [6.45, 7) is 7.03. The molecule has 0 heterocycles. The molecule has 1 aromatic carbocycles. The molecule has 3 heteroatoms. The summed E-state index contributed by atoms with van der Waals surface area (Å²) < 4.78 is 5.79. The van der Waals surface area contributed by atoms with Crippen molar-refractivity contribution in [3.05, 3.63) is 29.8 Å². The van der Waals surface area contributed by atoms with Gasteiger partial charge in [-0.05, 0) is 49.9 Å². The second-order valence-corrected chi connectivity index (χ2v) is 5.48. The maximum atomic E-state index is 9.24. The number of benzene rings is 1. The Morgan fingerprint density at radius 2 is 2.15 bits per heavy atom. The van der Waals surface area contributed by atoms with Gasteiger partial charge in [0, 0.05) is 0 Å². The zero-order valence-electron chi connectivity index (χ0n) is 13.1. The average Bonchev–Trinajstić information content (AvgIpc) is 2.48. The Kier molecular flexibility index (Phi) is 6.54. The van der Waals surface area contributed by atoms with Gasteiger partial charge < -0.3 is 10.1 Å². The normalized spacial score (nSPS) is 13.8. The SMILES string of the molecule is CCC(C#N)(CCCOc1cccc(C(C)C)c1)NC. The predicted molar refractivity (Wildman–Crippen MR) is 83.0 cm³/mol. The number of nitrogens with one attached hydrogen (secondary N) is 1. The average molecular weight is 274 g/mol. The molecule has 0 saturated heterocycles. The molecule has 1 rings (SSSR count). The van der Waals surface area contributed by atoms with Gasteiger partial charge in [0.05, 0.1) is 12.7 Å². The summed E-state index contributed by atoms with van der Waals surface area (Å²) in [4.78, 5) is 0. The molecular formula is C17H26N2O. The molecule has 0 aliphatic heterocycles. The molecule has 1 aromatic rings. The van der Waals surface area contributed by atoms with Crippen LogP contribution in [0.4, 0.5) is 0 Å². The van der Waals surface area contributed by atoms with Gasteiger partial charge in [-0.1, -0.05) is 32.9 Å². The Bertz CT molecular complexity index is 445. The molecule has 0 saturated carbocycles. The Hall–Kier alpha value is -1.53. The molecule has 0 amide bonds. The van der Waals surface area contributed by atoms with Gasteiger partial charge in [0.1, 0.15) is 11.3 Å². The van der Waals surface area contributed by atoms with Crippen LogP contribution in [0.3, 0.4) is 0 Å². The molecule has 0 aromatic heterocycles. The fourth-order valence-electron chi connectivity index (χ4n) is 2.20. The van der Waals surface area contributed by atoms with Gasteiger partial charge in [0.2, 0.25) is 0 Å². The molecule has 0 aliphatic carbocycles. The standard InChI is InChI=1S/C17H26N2O/c1-5-17(13-18,19-4)10-7-11-20-16-9-6-8-15(12-16)14(2)3/h6,8-9,12,14,19H,5,7,10-11H2,1-4H3. The summed E-state index contributed by atoms with van der Waals surface area (Å²) in [5, 5.41) is 12.4. The van der Waals surface area contributed by atoms with Crippen molar-refractivity contribution in [2.24, 2.45) is 0 Å². The van der Waals surface area contributed by atoms with Gasteiger partial charge in [-0.25, -0.2) is 0 Å². The van der Waals surface area contributed by atoms with Gasteiger partial charge in [0.25, 0.3) is 0 Å². The molecular weight excluding hydrogens is 248 g/mol. The molecule has 0 spiro atoms. The highest BCUT2D eigenvalue weighted by Crippen LogP contribution is 2.21. The summed E-state index contributed by atoms with van der Waals surface area (Å²) in [7, 11) is 1.85. The van der Waals surface area contributed by atoms with E-state index in [0.717, 1.165) is 25.0 Å². The van der Waals surface area contributed by atoms with Crippen LogP contribution in [0.1, 0.15) is 51.5 Å². The molecule has 1 atom stereocenters. The molecule has 3 nitrogen and oxygen atoms in total. The fourth-order valence-corrected chi connectivity index (χ4v) is 2.20. The lowest BCUT2D eigenvalue weighted by Crippen LogP contribution is -2.41. The predicted octanol–water partition coefficient (Wildman–Crippen LogP) is 3.86. The summed E-state index contributed by atoms with van der Waals surface area (Å²) >= 11 is 0. The molecule has 1 unspecified atom stereocenters. The van der Waals surface area contributed by atoms with Crippen LogP contribution in [0.25, 0.3) is 0 Å². The lowest BCUT2D eigenvalue weighted by atomic mass is 9.92. The van der Waals surface area contributed by atoms with Crippen LogP contribution in [-0.2, 0) is 0 Å². The minimum Gasteiger partial charge on any atom is -0.494 e. The largest absolute Gasteiger partial charge is 0.494 e. The number of nitriles is 1. The van der Waals surface area contributed by atoms with Crippen LogP contribution in [-0.4, -0.2) is 19.2 Å². The maximum Gasteiger partial charge on any atom is 0.119 e. The zero-order chi connectivity index (χ0) is 15.0. The van der Waals surface area contributed by atoms with Gasteiger partial charge in [0.15, 0.2) is 0 Å². The van der Waals surface area contributed by atoms with Crippen molar-refractivity contribution >= 4 is 0 Å². The van der Waals surface area contributed by atoms with Crippen molar-refractivity contribution < 1.29 is 4.74 Å². The van der Waals surface area contributed by atoms with E-state index < -0.39 is 5.54 Å². The first-order valence-corrected chi connectivity index (χ1v) is 7.40. The molecule has 0 radical (unpaired) electrons. The molecule has 1 N–H and O–H groups in total. The summed E-state index contributed by atoms with van der Waals surface area (Å²) in [6, 6.07) is 10.6. The van der Waals surface area contributed by atoms with Crippen LogP contribution >= 0.6 is 0 Å². The van der Waals surface area contributed by atoms with Crippen molar-refractivity contribution in [3.63, 3.8) is 0 Å². The van der Waals surface area contributed by atoms with Gasteiger partial charge >= 0.3 is 0 Å². The van der Waals surface area contributed by atoms with Crippen molar-refractivity contribution in [1.29, 1.82) is 5.26 Å². The van der Waals surface area contributed by atoms with Crippen LogP contribution < -0.4 is 10.1 Å². The molecule has 0 aliphatic rings. The van der Waals surface area contributed by atoms with Gasteiger partial charge in [-0.3, -0.25) is 0 Å². The molecule has 20 heavy (non-hydrogen) atoms. The first-order chi connectivity index (χ1) is 9.56. The lowest BCUT2D eigenvalue weighted by Gasteiger charge is -2.24. The minimum atomic E-state index is -0.414. The van der Waals surface area contributed by atoms with Crippen molar-refractivity contribution in [1.82, 2.24) is 5.32 Å². The van der Waals surface area contributed by atoms with E-state index in [1.165, 1.54) is 5.56 Å². The second kappa shape index (κ2) is 7.91. The van der Waals surface area contributed by atoms with Crippen LogP contribution in [0.15, 0.2) is 24.3 Å². The van der Waals surface area contributed by atoms with E-state index in [9.17, 15) is 5.26 Å². The van der Waals surface area contributed by atoms with E-state index in [1.807, 2.05) is 26.1 Å². The Balaban J connectivity index is 2.45. The maximum absolute atomic E-state index is 9.24. The highest BCUT2D eigenvalue weighted by atomic mass is 16.5. The quantitative estimate of drug-likeness (QED) is 0.732.